The van der Waals surface area contributed by atoms with Crippen LogP contribution in [0.5, 0.6) is 0 Å². The molecule has 0 bridgehead atoms. The Labute approximate surface area is 103 Å². The number of aromatic nitrogens is 1. The van der Waals surface area contributed by atoms with Gasteiger partial charge in [-0.05, 0) is 48.0 Å². The summed E-state index contributed by atoms with van der Waals surface area (Å²) in [5.41, 5.74) is 6.77. The molecule has 2 rings (SSSR count). The molecule has 0 aliphatic carbocycles. The van der Waals surface area contributed by atoms with E-state index in [1.54, 1.807) is 6.20 Å². The standard InChI is InChI=1S/C12H14BrN3/c1-7(2)16-12-9-3-4-10(13)11(14)8(9)5-6-15-12/h3-7H,14H2,1-2H3,(H,15,16). The fraction of sp³-hybridized carbons (Fsp3) is 0.250. The number of anilines is 2. The number of hydrogen-bond acceptors (Lipinski definition) is 3. The first-order valence-electron chi connectivity index (χ1n) is 5.19. The van der Waals surface area contributed by atoms with Crippen molar-refractivity contribution in [1.82, 2.24) is 4.98 Å². The van der Waals surface area contributed by atoms with E-state index < -0.39 is 0 Å². The van der Waals surface area contributed by atoms with Crippen LogP contribution in [-0.2, 0) is 0 Å². The number of rotatable bonds is 2. The molecule has 1 heterocycles. The average Bonchev–Trinajstić information content (AvgIpc) is 2.23. The Hall–Kier alpha value is -1.29. The highest BCUT2D eigenvalue weighted by Crippen LogP contribution is 2.31. The maximum Gasteiger partial charge on any atom is 0.134 e. The van der Waals surface area contributed by atoms with E-state index in [0.717, 1.165) is 26.8 Å². The zero-order chi connectivity index (χ0) is 11.7. The van der Waals surface area contributed by atoms with Gasteiger partial charge in [-0.3, -0.25) is 0 Å². The summed E-state index contributed by atoms with van der Waals surface area (Å²) < 4.78 is 0.918. The van der Waals surface area contributed by atoms with Crippen LogP contribution in [-0.4, -0.2) is 11.0 Å². The predicted molar refractivity (Wildman–Crippen MR) is 72.6 cm³/mol. The number of nitrogens with one attached hydrogen (secondary N) is 1. The summed E-state index contributed by atoms with van der Waals surface area (Å²) in [7, 11) is 0. The van der Waals surface area contributed by atoms with Crippen LogP contribution in [0.3, 0.4) is 0 Å². The average molecular weight is 280 g/mol. The Morgan fingerprint density at radius 3 is 2.69 bits per heavy atom. The molecule has 0 saturated carbocycles. The van der Waals surface area contributed by atoms with Gasteiger partial charge in [0.2, 0.25) is 0 Å². The molecule has 0 amide bonds. The molecule has 3 nitrogen and oxygen atoms in total. The van der Waals surface area contributed by atoms with Gasteiger partial charge in [-0.1, -0.05) is 0 Å². The van der Waals surface area contributed by atoms with Crippen LogP contribution in [0.1, 0.15) is 13.8 Å². The Morgan fingerprint density at radius 1 is 1.25 bits per heavy atom. The fourth-order valence-electron chi connectivity index (χ4n) is 1.64. The third kappa shape index (κ3) is 1.97. The van der Waals surface area contributed by atoms with Crippen LogP contribution in [0.2, 0.25) is 0 Å². The number of halogens is 1. The minimum atomic E-state index is 0.350. The lowest BCUT2D eigenvalue weighted by molar-refractivity contribution is 0.892. The van der Waals surface area contributed by atoms with Gasteiger partial charge in [-0.2, -0.15) is 0 Å². The van der Waals surface area contributed by atoms with Gasteiger partial charge in [0, 0.05) is 27.5 Å². The molecule has 0 unspecified atom stereocenters. The highest BCUT2D eigenvalue weighted by Gasteiger charge is 2.07. The third-order valence-corrected chi connectivity index (χ3v) is 3.05. The second-order valence-electron chi connectivity index (χ2n) is 4.01. The highest BCUT2D eigenvalue weighted by atomic mass is 79.9. The quantitative estimate of drug-likeness (QED) is 0.829. The Morgan fingerprint density at radius 2 is 2.00 bits per heavy atom. The van der Waals surface area contributed by atoms with Crippen molar-refractivity contribution >= 4 is 38.2 Å². The summed E-state index contributed by atoms with van der Waals surface area (Å²) in [4.78, 5) is 4.34. The van der Waals surface area contributed by atoms with Crippen molar-refractivity contribution in [3.63, 3.8) is 0 Å². The van der Waals surface area contributed by atoms with E-state index in [1.165, 1.54) is 0 Å². The van der Waals surface area contributed by atoms with E-state index in [-0.39, 0.29) is 0 Å². The van der Waals surface area contributed by atoms with Crippen molar-refractivity contribution in [1.29, 1.82) is 0 Å². The molecule has 1 aromatic heterocycles. The molecule has 1 aromatic carbocycles. The molecule has 0 aliphatic heterocycles. The number of pyridine rings is 1. The Balaban J connectivity index is 2.65. The van der Waals surface area contributed by atoms with Crippen LogP contribution in [0.4, 0.5) is 11.5 Å². The smallest absolute Gasteiger partial charge is 0.134 e. The number of nitrogen functional groups attached to an aromatic ring is 1. The SMILES string of the molecule is CC(C)Nc1nccc2c(N)c(Br)ccc12. The van der Waals surface area contributed by atoms with E-state index in [1.807, 2.05) is 18.2 Å². The van der Waals surface area contributed by atoms with Gasteiger partial charge in [0.1, 0.15) is 5.82 Å². The number of hydrogen-bond donors (Lipinski definition) is 2. The van der Waals surface area contributed by atoms with Crippen molar-refractivity contribution in [3.8, 4) is 0 Å². The van der Waals surface area contributed by atoms with E-state index >= 15 is 0 Å². The van der Waals surface area contributed by atoms with Crippen molar-refractivity contribution in [2.45, 2.75) is 19.9 Å². The largest absolute Gasteiger partial charge is 0.397 e. The van der Waals surface area contributed by atoms with Gasteiger partial charge >= 0.3 is 0 Å². The zero-order valence-electron chi connectivity index (χ0n) is 9.29. The zero-order valence-corrected chi connectivity index (χ0v) is 10.9. The molecule has 4 heteroatoms. The van der Waals surface area contributed by atoms with Crippen LogP contribution < -0.4 is 11.1 Å². The number of benzene rings is 1. The lowest BCUT2D eigenvalue weighted by atomic mass is 10.1. The lowest BCUT2D eigenvalue weighted by Crippen LogP contribution is -2.11. The van der Waals surface area contributed by atoms with Gasteiger partial charge in [0.25, 0.3) is 0 Å². The first-order valence-corrected chi connectivity index (χ1v) is 5.98. The maximum absolute atomic E-state index is 6.02. The summed E-state index contributed by atoms with van der Waals surface area (Å²) >= 11 is 3.43. The third-order valence-electron chi connectivity index (χ3n) is 2.36. The first-order chi connectivity index (χ1) is 7.59. The molecule has 0 fully saturated rings. The van der Waals surface area contributed by atoms with E-state index in [4.69, 9.17) is 5.73 Å². The van der Waals surface area contributed by atoms with Crippen LogP contribution in [0.15, 0.2) is 28.9 Å². The lowest BCUT2D eigenvalue weighted by Gasteiger charge is -2.12. The van der Waals surface area contributed by atoms with Gasteiger partial charge < -0.3 is 11.1 Å². The summed E-state index contributed by atoms with van der Waals surface area (Å²) in [6.07, 6.45) is 1.77. The number of fused-ring (bicyclic) bond motifs is 1. The fourth-order valence-corrected chi connectivity index (χ4v) is 1.99. The molecule has 0 spiro atoms. The molecule has 16 heavy (non-hydrogen) atoms. The van der Waals surface area contributed by atoms with Gasteiger partial charge in [0.05, 0.1) is 5.69 Å². The Bertz CT molecular complexity index is 523. The second kappa shape index (κ2) is 4.29. The van der Waals surface area contributed by atoms with Crippen LogP contribution >= 0.6 is 15.9 Å². The highest BCUT2D eigenvalue weighted by molar-refractivity contribution is 9.10. The summed E-state index contributed by atoms with van der Waals surface area (Å²) in [5, 5.41) is 5.39. The van der Waals surface area contributed by atoms with Crippen molar-refractivity contribution in [2.24, 2.45) is 0 Å². The van der Waals surface area contributed by atoms with Gasteiger partial charge in [-0.15, -0.1) is 0 Å². The van der Waals surface area contributed by atoms with E-state index in [2.05, 4.69) is 40.1 Å². The van der Waals surface area contributed by atoms with Gasteiger partial charge in [-0.25, -0.2) is 4.98 Å². The number of nitrogens with zero attached hydrogens (tertiary/aromatic N) is 1. The normalized spacial score (nSPS) is 11.0. The van der Waals surface area contributed by atoms with Crippen LogP contribution in [0.25, 0.3) is 10.8 Å². The molecule has 84 valence electrons. The molecular formula is C12H14BrN3. The van der Waals surface area contributed by atoms with Crippen molar-refractivity contribution in [2.75, 3.05) is 11.1 Å². The molecule has 0 saturated heterocycles. The van der Waals surface area contributed by atoms with E-state index in [9.17, 15) is 0 Å². The number of nitrogens with two attached hydrogens (primary N) is 1. The Kier molecular flexibility index (Phi) is 3.01. The topological polar surface area (TPSA) is 50.9 Å². The molecule has 2 aromatic rings. The maximum atomic E-state index is 6.02. The molecule has 3 N–H and O–H groups in total. The molecule has 0 radical (unpaired) electrons. The van der Waals surface area contributed by atoms with Crippen molar-refractivity contribution in [3.05, 3.63) is 28.9 Å². The summed E-state index contributed by atoms with van der Waals surface area (Å²) in [5.74, 6) is 0.881. The molecule has 0 aliphatic rings. The summed E-state index contributed by atoms with van der Waals surface area (Å²) in [6, 6.07) is 6.25. The monoisotopic (exact) mass is 279 g/mol. The summed E-state index contributed by atoms with van der Waals surface area (Å²) in [6.45, 7) is 4.17. The molecular weight excluding hydrogens is 266 g/mol. The van der Waals surface area contributed by atoms with E-state index in [0.29, 0.717) is 6.04 Å². The van der Waals surface area contributed by atoms with Crippen LogP contribution in [0, 0.1) is 0 Å². The second-order valence-corrected chi connectivity index (χ2v) is 4.87. The van der Waals surface area contributed by atoms with Crippen molar-refractivity contribution < 1.29 is 0 Å². The predicted octanol–water partition coefficient (Wildman–Crippen LogP) is 3.40. The molecule has 0 atom stereocenters. The minimum absolute atomic E-state index is 0.350. The minimum Gasteiger partial charge on any atom is -0.397 e. The van der Waals surface area contributed by atoms with Gasteiger partial charge in [0.15, 0.2) is 0 Å². The first kappa shape index (κ1) is 11.2.